The van der Waals surface area contributed by atoms with Crippen molar-refractivity contribution in [1.29, 1.82) is 0 Å². The molecule has 0 saturated carbocycles. The zero-order chi connectivity index (χ0) is 6.15. The molecule has 46 valence electrons. The fourth-order valence-electron chi connectivity index (χ4n) is 0.629. The number of carbonyl (C=O) groups excluding carboxylic acids is 1. The van der Waals surface area contributed by atoms with Crippen LogP contribution in [0.3, 0.4) is 0 Å². The maximum absolute atomic E-state index is 10.4. The number of hydrogen-bond acceptors (Lipinski definition) is 3. The van der Waals surface area contributed by atoms with Crippen LogP contribution in [0.15, 0.2) is 0 Å². The largest absolute Gasteiger partial charge is 0.444 e. The summed E-state index contributed by atoms with van der Waals surface area (Å²) in [4.78, 5) is 10.4. The minimum atomic E-state index is -0.433. The fraction of sp³-hybridized carbons (Fsp3) is 0.750. The summed E-state index contributed by atoms with van der Waals surface area (Å²) in [6.45, 7) is 2.30. The average molecular weight is 116 g/mol. The van der Waals surface area contributed by atoms with Crippen molar-refractivity contribution in [3.8, 4) is 0 Å². The first-order valence-corrected chi connectivity index (χ1v) is 2.43. The summed E-state index contributed by atoms with van der Waals surface area (Å²) in [7, 11) is 0. The predicted octanol–water partition coefficient (Wildman–Crippen LogP) is -0.299. The van der Waals surface area contributed by atoms with Crippen LogP contribution in [0.1, 0.15) is 6.92 Å². The Morgan fingerprint density at radius 1 is 2.00 bits per heavy atom. The van der Waals surface area contributed by atoms with E-state index < -0.39 is 6.09 Å². The summed E-state index contributed by atoms with van der Waals surface area (Å²) in [5.74, 6) is 5.13. The third-order valence-electron chi connectivity index (χ3n) is 0.990. The molecule has 0 aromatic heterocycles. The molecule has 4 heteroatoms. The number of hydrogen-bond donors (Lipinski definition) is 1. The summed E-state index contributed by atoms with van der Waals surface area (Å²) in [5, 5.41) is 1.06. The Bertz CT molecular complexity index is 115. The van der Waals surface area contributed by atoms with Crippen LogP contribution in [0, 0.1) is 0 Å². The number of carbonyl (C=O) groups is 1. The van der Waals surface area contributed by atoms with Crippen LogP contribution in [0.2, 0.25) is 0 Å². The molecule has 1 aliphatic heterocycles. The molecule has 1 atom stereocenters. The monoisotopic (exact) mass is 116 g/mol. The van der Waals surface area contributed by atoms with Crippen LogP contribution in [-0.2, 0) is 4.74 Å². The lowest BCUT2D eigenvalue weighted by Gasteiger charge is -1.99. The zero-order valence-corrected chi connectivity index (χ0v) is 4.63. The molecule has 0 bridgehead atoms. The van der Waals surface area contributed by atoms with Crippen LogP contribution >= 0.6 is 0 Å². The summed E-state index contributed by atoms with van der Waals surface area (Å²) in [6.07, 6.45) is -0.481. The quantitative estimate of drug-likeness (QED) is 0.349. The molecule has 0 radical (unpaired) electrons. The van der Waals surface area contributed by atoms with Crippen molar-refractivity contribution in [3.05, 3.63) is 0 Å². The minimum absolute atomic E-state index is 0.0486. The highest BCUT2D eigenvalue weighted by atomic mass is 16.6. The summed E-state index contributed by atoms with van der Waals surface area (Å²) in [5.41, 5.74) is 0. The van der Waals surface area contributed by atoms with Crippen LogP contribution in [0.4, 0.5) is 4.79 Å². The Morgan fingerprint density at radius 2 is 2.62 bits per heavy atom. The van der Waals surface area contributed by atoms with E-state index in [4.69, 9.17) is 5.84 Å². The van der Waals surface area contributed by atoms with E-state index in [0.717, 1.165) is 5.01 Å². The van der Waals surface area contributed by atoms with Crippen molar-refractivity contribution in [3.63, 3.8) is 0 Å². The Labute approximate surface area is 47.2 Å². The molecule has 1 amide bonds. The smallest absolute Gasteiger partial charge is 0.424 e. The fourth-order valence-corrected chi connectivity index (χ4v) is 0.629. The van der Waals surface area contributed by atoms with Gasteiger partial charge in [-0.15, -0.1) is 0 Å². The van der Waals surface area contributed by atoms with E-state index in [1.165, 1.54) is 0 Å². The first-order valence-electron chi connectivity index (χ1n) is 2.43. The van der Waals surface area contributed by atoms with Gasteiger partial charge in [0.25, 0.3) is 0 Å². The van der Waals surface area contributed by atoms with Gasteiger partial charge in [0.05, 0.1) is 6.54 Å². The number of nitrogens with two attached hydrogens (primary N) is 1. The highest BCUT2D eigenvalue weighted by molar-refractivity contribution is 5.68. The summed E-state index contributed by atoms with van der Waals surface area (Å²) in [6, 6.07) is 0. The zero-order valence-electron chi connectivity index (χ0n) is 4.63. The molecule has 4 nitrogen and oxygen atoms in total. The van der Waals surface area contributed by atoms with Crippen molar-refractivity contribution >= 4 is 6.09 Å². The standard InChI is InChI=1S/C4H8N2O2/c1-3-2-6(5)4(7)8-3/h3H,2,5H2,1H3/t3-/m1/s1. The summed E-state index contributed by atoms with van der Waals surface area (Å²) >= 11 is 0. The third kappa shape index (κ3) is 0.742. The number of rotatable bonds is 0. The Hall–Kier alpha value is -0.770. The summed E-state index contributed by atoms with van der Waals surface area (Å²) < 4.78 is 4.64. The predicted molar refractivity (Wildman–Crippen MR) is 26.8 cm³/mol. The van der Waals surface area contributed by atoms with Crippen molar-refractivity contribution < 1.29 is 9.53 Å². The van der Waals surface area contributed by atoms with Gasteiger partial charge in [0.15, 0.2) is 0 Å². The molecule has 0 spiro atoms. The highest BCUT2D eigenvalue weighted by Gasteiger charge is 2.24. The Kier molecular flexibility index (Phi) is 1.09. The average Bonchev–Trinajstić information content (AvgIpc) is 1.85. The van der Waals surface area contributed by atoms with Gasteiger partial charge in [-0.1, -0.05) is 0 Å². The molecule has 8 heavy (non-hydrogen) atoms. The molecule has 2 N–H and O–H groups in total. The number of ether oxygens (including phenoxy) is 1. The van der Waals surface area contributed by atoms with Crippen molar-refractivity contribution in [2.45, 2.75) is 13.0 Å². The van der Waals surface area contributed by atoms with E-state index in [2.05, 4.69) is 4.74 Å². The molecule has 0 aromatic carbocycles. The Balaban J connectivity index is 2.51. The van der Waals surface area contributed by atoms with Gasteiger partial charge in [-0.05, 0) is 6.92 Å². The molecular weight excluding hydrogens is 108 g/mol. The van der Waals surface area contributed by atoms with Crippen LogP contribution in [0.25, 0.3) is 0 Å². The normalized spacial score (nSPS) is 28.5. The lowest BCUT2D eigenvalue weighted by atomic mass is 10.4. The molecule has 1 heterocycles. The van der Waals surface area contributed by atoms with Gasteiger partial charge in [-0.25, -0.2) is 15.6 Å². The number of amides is 1. The van der Waals surface area contributed by atoms with Crippen LogP contribution in [0.5, 0.6) is 0 Å². The van der Waals surface area contributed by atoms with E-state index in [9.17, 15) is 4.79 Å². The Morgan fingerprint density at radius 3 is 2.75 bits per heavy atom. The maximum atomic E-state index is 10.4. The van der Waals surface area contributed by atoms with E-state index in [-0.39, 0.29) is 6.10 Å². The van der Waals surface area contributed by atoms with Crippen LogP contribution in [-0.4, -0.2) is 23.8 Å². The van der Waals surface area contributed by atoms with Gasteiger partial charge in [0.2, 0.25) is 0 Å². The number of cyclic esters (lactones) is 1. The second-order valence-corrected chi connectivity index (χ2v) is 1.85. The van der Waals surface area contributed by atoms with E-state index in [1.54, 1.807) is 6.92 Å². The van der Waals surface area contributed by atoms with Gasteiger partial charge in [0.1, 0.15) is 6.10 Å². The first-order chi connectivity index (χ1) is 3.70. The highest BCUT2D eigenvalue weighted by Crippen LogP contribution is 2.04. The second kappa shape index (κ2) is 1.63. The van der Waals surface area contributed by atoms with Gasteiger partial charge in [-0.2, -0.15) is 0 Å². The molecule has 1 aliphatic rings. The molecule has 1 saturated heterocycles. The van der Waals surface area contributed by atoms with Crippen LogP contribution < -0.4 is 5.84 Å². The van der Waals surface area contributed by atoms with Gasteiger partial charge in [-0.3, -0.25) is 0 Å². The van der Waals surface area contributed by atoms with Crippen molar-refractivity contribution in [1.82, 2.24) is 5.01 Å². The molecule has 0 aliphatic carbocycles. The van der Waals surface area contributed by atoms with Gasteiger partial charge < -0.3 is 4.74 Å². The first kappa shape index (κ1) is 5.37. The van der Waals surface area contributed by atoms with Crippen molar-refractivity contribution in [2.24, 2.45) is 5.84 Å². The molecule has 0 unspecified atom stereocenters. The topological polar surface area (TPSA) is 55.6 Å². The minimum Gasteiger partial charge on any atom is -0.444 e. The lowest BCUT2D eigenvalue weighted by Crippen LogP contribution is -2.31. The third-order valence-corrected chi connectivity index (χ3v) is 0.990. The number of hydrazine groups is 1. The van der Waals surface area contributed by atoms with E-state index in [0.29, 0.717) is 6.54 Å². The molecule has 0 aromatic rings. The van der Waals surface area contributed by atoms with Gasteiger partial charge >= 0.3 is 6.09 Å². The number of nitrogens with zero attached hydrogens (tertiary/aromatic N) is 1. The molecule has 1 rings (SSSR count). The lowest BCUT2D eigenvalue weighted by molar-refractivity contribution is 0.138. The van der Waals surface area contributed by atoms with Crippen molar-refractivity contribution in [2.75, 3.05) is 6.54 Å². The van der Waals surface area contributed by atoms with E-state index in [1.807, 2.05) is 0 Å². The second-order valence-electron chi connectivity index (χ2n) is 1.85. The van der Waals surface area contributed by atoms with E-state index >= 15 is 0 Å². The maximum Gasteiger partial charge on any atom is 0.424 e. The molecular formula is C4H8N2O2. The SMILES string of the molecule is C[C@@H]1CN(N)C(=O)O1. The molecule has 1 fully saturated rings. The van der Waals surface area contributed by atoms with Gasteiger partial charge in [0, 0.05) is 0 Å².